The van der Waals surface area contributed by atoms with Crippen LogP contribution >= 0.6 is 24.4 Å². The fourth-order valence-electron chi connectivity index (χ4n) is 3.24. The van der Waals surface area contributed by atoms with Gasteiger partial charge < -0.3 is 31.4 Å². The van der Waals surface area contributed by atoms with Crippen LogP contribution < -0.4 is 21.3 Å². The summed E-state index contributed by atoms with van der Waals surface area (Å²) in [6.45, 7) is 0.740. The third-order valence-corrected chi connectivity index (χ3v) is 6.04. The third kappa shape index (κ3) is 8.02. The number of nitrogens with one attached hydrogen (secondary N) is 5. The Balaban J connectivity index is 2.07. The number of aromatic nitrogens is 2. The Hall–Kier alpha value is -2.25. The molecule has 32 heavy (non-hydrogen) atoms. The van der Waals surface area contributed by atoms with Gasteiger partial charge in [0, 0.05) is 24.1 Å². The molecule has 0 saturated carbocycles. The van der Waals surface area contributed by atoms with Gasteiger partial charge in [0.15, 0.2) is 0 Å². The maximum absolute atomic E-state index is 12.9. The molecule has 0 aliphatic carbocycles. The molecule has 0 bridgehead atoms. The highest BCUT2D eigenvalue weighted by atomic mass is 32.2. The van der Waals surface area contributed by atoms with Crippen LogP contribution in [0.2, 0.25) is 0 Å². The molecule has 1 fully saturated rings. The molecule has 1 aromatic rings. The number of aliphatic carboxylic acids is 1. The van der Waals surface area contributed by atoms with E-state index in [1.807, 2.05) is 6.26 Å². The third-order valence-electron chi connectivity index (χ3n) is 5.03. The van der Waals surface area contributed by atoms with Crippen molar-refractivity contribution in [1.29, 1.82) is 0 Å². The number of carboxylic acid groups (broad SMARTS) is 1. The number of rotatable bonds is 13. The summed E-state index contributed by atoms with van der Waals surface area (Å²) in [6.07, 6.45) is 6.68. The second-order valence-corrected chi connectivity index (χ2v) is 8.77. The number of thioether (sulfide) groups is 1. The lowest BCUT2D eigenvalue weighted by molar-refractivity contribution is -0.142. The van der Waals surface area contributed by atoms with Crippen molar-refractivity contribution in [3.63, 3.8) is 0 Å². The molecule has 2 heterocycles. The van der Waals surface area contributed by atoms with Crippen LogP contribution in [0.5, 0.6) is 0 Å². The topological polar surface area (TPSA) is 165 Å². The van der Waals surface area contributed by atoms with Gasteiger partial charge in [-0.1, -0.05) is 0 Å². The molecular formula is C19H30N6O5S2. The van der Waals surface area contributed by atoms with Gasteiger partial charge in [-0.05, 0) is 37.8 Å². The number of nitrogens with zero attached hydrogens (tertiary/aromatic N) is 1. The lowest BCUT2D eigenvalue weighted by Crippen LogP contribution is -2.58. The van der Waals surface area contributed by atoms with Gasteiger partial charge in [-0.2, -0.15) is 24.4 Å². The summed E-state index contributed by atoms with van der Waals surface area (Å²) in [6, 6.07) is -3.45. The van der Waals surface area contributed by atoms with Crippen LogP contribution in [0, 0.1) is 0 Å². The fraction of sp³-hybridized carbons (Fsp3) is 0.632. The van der Waals surface area contributed by atoms with E-state index < -0.39 is 35.9 Å². The minimum Gasteiger partial charge on any atom is -0.480 e. The minimum atomic E-state index is -1.15. The second-order valence-electron chi connectivity index (χ2n) is 7.42. The van der Waals surface area contributed by atoms with Crippen LogP contribution in [0.1, 0.15) is 25.0 Å². The van der Waals surface area contributed by atoms with E-state index in [0.717, 1.165) is 13.0 Å². The highest BCUT2D eigenvalue weighted by molar-refractivity contribution is 7.98. The summed E-state index contributed by atoms with van der Waals surface area (Å²) in [5, 5.41) is 20.2. The first-order valence-electron chi connectivity index (χ1n) is 10.3. The van der Waals surface area contributed by atoms with Gasteiger partial charge >= 0.3 is 5.97 Å². The van der Waals surface area contributed by atoms with Gasteiger partial charge in [-0.3, -0.25) is 14.4 Å². The molecule has 1 aromatic heterocycles. The van der Waals surface area contributed by atoms with Gasteiger partial charge in [-0.25, -0.2) is 9.78 Å². The zero-order chi connectivity index (χ0) is 23.5. The van der Waals surface area contributed by atoms with Crippen molar-refractivity contribution in [3.05, 3.63) is 18.2 Å². The molecule has 11 nitrogen and oxygen atoms in total. The van der Waals surface area contributed by atoms with Crippen LogP contribution in [0.25, 0.3) is 0 Å². The number of hydrogen-bond acceptors (Lipinski definition) is 8. The molecule has 6 N–H and O–H groups in total. The number of imidazole rings is 1. The maximum atomic E-state index is 12.9. The predicted molar refractivity (Wildman–Crippen MR) is 124 cm³/mol. The summed E-state index contributed by atoms with van der Waals surface area (Å²) in [5.74, 6) is -2.07. The van der Waals surface area contributed by atoms with E-state index in [0.29, 0.717) is 17.9 Å². The van der Waals surface area contributed by atoms with Gasteiger partial charge in [0.25, 0.3) is 0 Å². The van der Waals surface area contributed by atoms with E-state index in [2.05, 4.69) is 43.9 Å². The summed E-state index contributed by atoms with van der Waals surface area (Å²) >= 11 is 5.63. The SMILES string of the molecule is CSCCC(NC(=O)C(Cc1cnc[nH]1)NC(=O)C(CS)NC(=O)C1CCCN1)C(=O)O. The summed E-state index contributed by atoms with van der Waals surface area (Å²) in [7, 11) is 0. The lowest BCUT2D eigenvalue weighted by atomic mass is 10.1. The van der Waals surface area contributed by atoms with Crippen molar-refractivity contribution < 1.29 is 24.3 Å². The molecule has 2 rings (SSSR count). The zero-order valence-electron chi connectivity index (χ0n) is 17.8. The van der Waals surface area contributed by atoms with E-state index in [1.54, 1.807) is 0 Å². The zero-order valence-corrected chi connectivity index (χ0v) is 19.5. The highest BCUT2D eigenvalue weighted by Gasteiger charge is 2.31. The summed E-state index contributed by atoms with van der Waals surface area (Å²) < 4.78 is 0. The number of H-pyrrole nitrogens is 1. The molecule has 13 heteroatoms. The average molecular weight is 487 g/mol. The van der Waals surface area contributed by atoms with Crippen LogP contribution in [0.15, 0.2) is 12.5 Å². The Bertz CT molecular complexity index is 772. The monoisotopic (exact) mass is 486 g/mol. The number of carbonyl (C=O) groups excluding carboxylic acids is 3. The van der Waals surface area contributed by atoms with Crippen molar-refractivity contribution in [3.8, 4) is 0 Å². The van der Waals surface area contributed by atoms with Crippen molar-refractivity contribution in [2.45, 2.75) is 49.9 Å². The molecule has 178 valence electrons. The molecule has 0 radical (unpaired) electrons. The number of amides is 3. The van der Waals surface area contributed by atoms with Crippen LogP contribution in [-0.2, 0) is 25.6 Å². The summed E-state index contributed by atoms with van der Waals surface area (Å²) in [4.78, 5) is 56.4. The largest absolute Gasteiger partial charge is 0.480 e. The van der Waals surface area contributed by atoms with E-state index >= 15 is 0 Å². The normalized spacial score (nSPS) is 18.4. The van der Waals surface area contributed by atoms with Crippen molar-refractivity contribution >= 4 is 48.1 Å². The Morgan fingerprint density at radius 1 is 1.22 bits per heavy atom. The van der Waals surface area contributed by atoms with Gasteiger partial charge in [0.2, 0.25) is 17.7 Å². The van der Waals surface area contributed by atoms with Crippen LogP contribution in [0.3, 0.4) is 0 Å². The Morgan fingerprint density at radius 3 is 2.50 bits per heavy atom. The van der Waals surface area contributed by atoms with Gasteiger partial charge in [0.05, 0.1) is 12.4 Å². The maximum Gasteiger partial charge on any atom is 0.326 e. The Labute approximate surface area is 196 Å². The number of carbonyl (C=O) groups is 4. The van der Waals surface area contributed by atoms with E-state index in [9.17, 15) is 24.3 Å². The smallest absolute Gasteiger partial charge is 0.326 e. The minimum absolute atomic E-state index is 0.0359. The van der Waals surface area contributed by atoms with E-state index in [1.165, 1.54) is 24.3 Å². The van der Waals surface area contributed by atoms with Crippen molar-refractivity contribution in [1.82, 2.24) is 31.2 Å². The number of thiol groups is 1. The Morgan fingerprint density at radius 2 is 1.94 bits per heavy atom. The first-order valence-corrected chi connectivity index (χ1v) is 12.3. The lowest BCUT2D eigenvalue weighted by Gasteiger charge is -2.24. The molecule has 1 saturated heterocycles. The second kappa shape index (κ2) is 13.3. The first kappa shape index (κ1) is 26.0. The molecule has 0 aromatic carbocycles. The van der Waals surface area contributed by atoms with E-state index in [-0.39, 0.29) is 30.5 Å². The average Bonchev–Trinajstić information content (AvgIpc) is 3.48. The molecule has 4 unspecified atom stereocenters. The highest BCUT2D eigenvalue weighted by Crippen LogP contribution is 2.07. The number of aromatic amines is 1. The first-order chi connectivity index (χ1) is 15.3. The molecule has 1 aliphatic rings. The molecule has 0 spiro atoms. The van der Waals surface area contributed by atoms with Crippen molar-refractivity contribution in [2.75, 3.05) is 24.3 Å². The van der Waals surface area contributed by atoms with Gasteiger partial charge in [0.1, 0.15) is 18.1 Å². The summed E-state index contributed by atoms with van der Waals surface area (Å²) in [5.41, 5.74) is 0.586. The number of hydrogen-bond donors (Lipinski definition) is 7. The molecular weight excluding hydrogens is 456 g/mol. The standard InChI is InChI=1S/C19H30N6O5S2/c1-32-6-4-13(19(29)30)23-17(27)14(7-11-8-20-10-22-11)24-18(28)15(9-31)25-16(26)12-3-2-5-21-12/h8,10,12-15,21,31H,2-7,9H2,1H3,(H,20,22)(H,23,27)(H,24,28)(H,25,26)(H,29,30). The fourth-order valence-corrected chi connectivity index (χ4v) is 3.97. The van der Waals surface area contributed by atoms with Crippen LogP contribution in [-0.4, -0.2) is 87.2 Å². The predicted octanol–water partition coefficient (Wildman–Crippen LogP) is -1.07. The quantitative estimate of drug-likeness (QED) is 0.173. The molecule has 4 atom stereocenters. The molecule has 1 aliphatic heterocycles. The van der Waals surface area contributed by atoms with Gasteiger partial charge in [-0.15, -0.1) is 0 Å². The van der Waals surface area contributed by atoms with E-state index in [4.69, 9.17) is 0 Å². The van der Waals surface area contributed by atoms with Crippen LogP contribution in [0.4, 0.5) is 0 Å². The van der Waals surface area contributed by atoms with Crippen molar-refractivity contribution in [2.24, 2.45) is 0 Å². The Kier molecular flexibility index (Phi) is 10.8. The number of carboxylic acids is 1. The molecule has 3 amide bonds.